The van der Waals surface area contributed by atoms with Crippen LogP contribution in [0.15, 0.2) is 47.3 Å². The molecule has 0 fully saturated rings. The summed E-state index contributed by atoms with van der Waals surface area (Å²) in [6.45, 7) is 1.36. The van der Waals surface area contributed by atoms with Crippen molar-refractivity contribution in [2.45, 2.75) is 6.42 Å². The summed E-state index contributed by atoms with van der Waals surface area (Å²) in [5.41, 5.74) is 7.44. The molecule has 18 heavy (non-hydrogen) atoms. The quantitative estimate of drug-likeness (QED) is 0.601. The van der Waals surface area contributed by atoms with Gasteiger partial charge in [0.1, 0.15) is 17.3 Å². The standard InChI is InChI=1S/C14H14NO3/c15-8-11-6-9(1-3-14(11)18)5-10-7-12(16)2-4-13(10)17/h1-5,7-8,16-18H,6,15H2. The zero-order valence-corrected chi connectivity index (χ0v) is 9.67. The molecule has 0 saturated heterocycles. The number of phenols is 2. The molecule has 0 amide bonds. The predicted molar refractivity (Wildman–Crippen MR) is 69.6 cm³/mol. The first kappa shape index (κ1) is 12.3. The van der Waals surface area contributed by atoms with Gasteiger partial charge in [0.05, 0.1) is 0 Å². The molecule has 93 valence electrons. The molecule has 4 heteroatoms. The number of benzene rings is 1. The molecule has 1 aliphatic carbocycles. The van der Waals surface area contributed by atoms with Gasteiger partial charge in [-0.3, -0.25) is 0 Å². The largest absolute Gasteiger partial charge is 0.508 e. The zero-order valence-electron chi connectivity index (χ0n) is 9.67. The fraction of sp³-hybridized carbons (Fsp3) is 0.0714. The molecule has 2 rings (SSSR count). The van der Waals surface area contributed by atoms with Crippen molar-refractivity contribution in [1.29, 1.82) is 0 Å². The molecule has 5 N–H and O–H groups in total. The number of phenolic OH excluding ortho intramolecular Hbond substituents is 2. The Balaban J connectivity index is 2.31. The molecule has 1 aliphatic rings. The van der Waals surface area contributed by atoms with Gasteiger partial charge in [0.25, 0.3) is 0 Å². The Morgan fingerprint density at radius 1 is 1.11 bits per heavy atom. The summed E-state index contributed by atoms with van der Waals surface area (Å²) >= 11 is 0. The van der Waals surface area contributed by atoms with Gasteiger partial charge < -0.3 is 21.1 Å². The van der Waals surface area contributed by atoms with Gasteiger partial charge in [-0.15, -0.1) is 0 Å². The van der Waals surface area contributed by atoms with Crippen LogP contribution >= 0.6 is 0 Å². The normalized spacial score (nSPS) is 17.5. The second-order valence-corrected chi connectivity index (χ2v) is 4.05. The maximum atomic E-state index is 9.67. The van der Waals surface area contributed by atoms with E-state index in [9.17, 15) is 15.3 Å². The summed E-state index contributed by atoms with van der Waals surface area (Å²) in [5, 5.41) is 28.6. The summed E-state index contributed by atoms with van der Waals surface area (Å²) in [6.07, 6.45) is 5.51. The lowest BCUT2D eigenvalue weighted by Gasteiger charge is -2.12. The molecule has 1 aromatic carbocycles. The Labute approximate surface area is 105 Å². The van der Waals surface area contributed by atoms with E-state index in [0.717, 1.165) is 5.57 Å². The van der Waals surface area contributed by atoms with Crippen LogP contribution in [0.25, 0.3) is 6.08 Å². The van der Waals surface area contributed by atoms with Crippen LogP contribution in [-0.2, 0) is 0 Å². The lowest BCUT2D eigenvalue weighted by atomic mass is 9.96. The Hall–Kier alpha value is -2.20. The van der Waals surface area contributed by atoms with Crippen LogP contribution in [0.2, 0.25) is 0 Å². The molecule has 1 radical (unpaired) electrons. The Morgan fingerprint density at radius 3 is 2.61 bits per heavy atom. The molecule has 0 bridgehead atoms. The van der Waals surface area contributed by atoms with Crippen LogP contribution in [0.3, 0.4) is 0 Å². The first-order chi connectivity index (χ1) is 8.60. The van der Waals surface area contributed by atoms with Gasteiger partial charge in [-0.25, -0.2) is 0 Å². The minimum Gasteiger partial charge on any atom is -0.508 e. The van der Waals surface area contributed by atoms with E-state index < -0.39 is 0 Å². The van der Waals surface area contributed by atoms with Gasteiger partial charge in [-0.1, -0.05) is 6.08 Å². The van der Waals surface area contributed by atoms with Crippen LogP contribution < -0.4 is 5.73 Å². The molecule has 0 spiro atoms. The Kier molecular flexibility index (Phi) is 3.39. The number of aliphatic hydroxyl groups is 1. The van der Waals surface area contributed by atoms with Crippen molar-refractivity contribution in [3.8, 4) is 11.5 Å². The fourth-order valence-corrected chi connectivity index (χ4v) is 1.76. The molecular weight excluding hydrogens is 230 g/mol. The van der Waals surface area contributed by atoms with Crippen LogP contribution in [0, 0.1) is 6.54 Å². The van der Waals surface area contributed by atoms with Crippen molar-refractivity contribution in [2.24, 2.45) is 5.73 Å². The summed E-state index contributed by atoms with van der Waals surface area (Å²) in [7, 11) is 0. The Bertz CT molecular complexity index is 556. The van der Waals surface area contributed by atoms with Crippen molar-refractivity contribution < 1.29 is 15.3 Å². The van der Waals surface area contributed by atoms with Gasteiger partial charge in [0.2, 0.25) is 0 Å². The number of hydrogen-bond acceptors (Lipinski definition) is 4. The average Bonchev–Trinajstić information content (AvgIpc) is 2.36. The molecule has 0 unspecified atom stereocenters. The first-order valence-electron chi connectivity index (χ1n) is 5.48. The number of hydrogen-bond donors (Lipinski definition) is 4. The summed E-state index contributed by atoms with van der Waals surface area (Å²) < 4.78 is 0. The molecule has 4 nitrogen and oxygen atoms in total. The van der Waals surface area contributed by atoms with Crippen LogP contribution in [-0.4, -0.2) is 15.3 Å². The van der Waals surface area contributed by atoms with E-state index >= 15 is 0 Å². The average molecular weight is 244 g/mol. The van der Waals surface area contributed by atoms with E-state index in [0.29, 0.717) is 17.6 Å². The fourth-order valence-electron chi connectivity index (χ4n) is 1.76. The summed E-state index contributed by atoms with van der Waals surface area (Å²) in [4.78, 5) is 0. The van der Waals surface area contributed by atoms with Gasteiger partial charge in [0.15, 0.2) is 0 Å². The van der Waals surface area contributed by atoms with E-state index in [1.165, 1.54) is 24.7 Å². The third-order valence-electron chi connectivity index (χ3n) is 2.73. The third-order valence-corrected chi connectivity index (χ3v) is 2.73. The molecule has 0 saturated carbocycles. The highest BCUT2D eigenvalue weighted by atomic mass is 16.3. The number of nitrogens with two attached hydrogens (primary N) is 1. The SMILES string of the molecule is N[CH]C1=C(O)C=CC(=Cc2cc(O)ccc2O)C1. The van der Waals surface area contributed by atoms with Gasteiger partial charge in [-0.05, 0) is 47.9 Å². The van der Waals surface area contributed by atoms with Crippen LogP contribution in [0.5, 0.6) is 11.5 Å². The predicted octanol–water partition coefficient (Wildman–Crippen LogP) is 2.37. The van der Waals surface area contributed by atoms with E-state index in [1.54, 1.807) is 18.2 Å². The van der Waals surface area contributed by atoms with Crippen molar-refractivity contribution in [2.75, 3.05) is 0 Å². The smallest absolute Gasteiger partial charge is 0.123 e. The second-order valence-electron chi connectivity index (χ2n) is 4.05. The summed E-state index contributed by atoms with van der Waals surface area (Å²) in [5.74, 6) is 0.323. The number of aliphatic hydroxyl groups excluding tert-OH is 1. The highest BCUT2D eigenvalue weighted by molar-refractivity contribution is 5.64. The van der Waals surface area contributed by atoms with Crippen molar-refractivity contribution >= 4 is 6.08 Å². The first-order valence-corrected chi connectivity index (χ1v) is 5.48. The van der Waals surface area contributed by atoms with Crippen molar-refractivity contribution in [3.63, 3.8) is 0 Å². The van der Waals surface area contributed by atoms with Crippen LogP contribution in [0.4, 0.5) is 0 Å². The maximum absolute atomic E-state index is 9.67. The molecule has 0 aliphatic heterocycles. The monoisotopic (exact) mass is 244 g/mol. The highest BCUT2D eigenvalue weighted by Gasteiger charge is 2.10. The van der Waals surface area contributed by atoms with Gasteiger partial charge >= 0.3 is 0 Å². The van der Waals surface area contributed by atoms with E-state index in [1.807, 2.05) is 0 Å². The zero-order chi connectivity index (χ0) is 13.1. The summed E-state index contributed by atoms with van der Waals surface area (Å²) in [6, 6.07) is 4.32. The molecule has 1 aromatic rings. The Morgan fingerprint density at radius 2 is 1.89 bits per heavy atom. The van der Waals surface area contributed by atoms with Crippen molar-refractivity contribution in [1.82, 2.24) is 0 Å². The van der Waals surface area contributed by atoms with E-state index in [2.05, 4.69) is 0 Å². The molecule has 0 heterocycles. The number of rotatable bonds is 2. The number of aromatic hydroxyl groups is 2. The highest BCUT2D eigenvalue weighted by Crippen LogP contribution is 2.28. The third kappa shape index (κ3) is 2.55. The minimum atomic E-state index is 0.0865. The minimum absolute atomic E-state index is 0.0865. The lowest BCUT2D eigenvalue weighted by molar-refractivity contribution is 0.423. The van der Waals surface area contributed by atoms with Gasteiger partial charge in [-0.2, -0.15) is 0 Å². The topological polar surface area (TPSA) is 86.7 Å². The molecule has 0 aromatic heterocycles. The van der Waals surface area contributed by atoms with E-state index in [4.69, 9.17) is 5.73 Å². The maximum Gasteiger partial charge on any atom is 0.123 e. The molecule has 0 atom stereocenters. The van der Waals surface area contributed by atoms with E-state index in [-0.39, 0.29) is 17.3 Å². The lowest BCUT2D eigenvalue weighted by Crippen LogP contribution is -2.03. The van der Waals surface area contributed by atoms with Crippen LogP contribution in [0.1, 0.15) is 12.0 Å². The molecular formula is C14H14NO3. The second kappa shape index (κ2) is 4.98. The number of allylic oxidation sites excluding steroid dienone is 3. The van der Waals surface area contributed by atoms with Gasteiger partial charge in [0, 0.05) is 12.1 Å². The van der Waals surface area contributed by atoms with Crippen molar-refractivity contribution in [3.05, 3.63) is 59.4 Å².